The molecule has 0 saturated heterocycles. The maximum Gasteiger partial charge on any atom is 0.259 e. The summed E-state index contributed by atoms with van der Waals surface area (Å²) in [6.45, 7) is 0. The molecule has 0 saturated carbocycles. The van der Waals surface area contributed by atoms with Gasteiger partial charge in [-0.2, -0.15) is 5.10 Å². The zero-order valence-electron chi connectivity index (χ0n) is 8.25. The molecule has 15 heavy (non-hydrogen) atoms. The molecule has 0 bridgehead atoms. The zero-order valence-corrected chi connectivity index (χ0v) is 8.25. The lowest BCUT2D eigenvalue weighted by Crippen LogP contribution is -2.01. The van der Waals surface area contributed by atoms with Gasteiger partial charge in [-0.25, -0.2) is 4.98 Å². The molecule has 0 atom stereocenters. The van der Waals surface area contributed by atoms with Crippen LogP contribution in [0.5, 0.6) is 5.88 Å². The molecule has 3 rings (SSSR count). The summed E-state index contributed by atoms with van der Waals surface area (Å²) in [6, 6.07) is 0. The lowest BCUT2D eigenvalue weighted by Gasteiger charge is -2.02. The summed E-state index contributed by atoms with van der Waals surface area (Å²) in [5.41, 5.74) is 1.50. The molecule has 0 spiro atoms. The molecule has 0 radical (unpaired) electrons. The van der Waals surface area contributed by atoms with Crippen molar-refractivity contribution in [3.8, 4) is 5.88 Å². The second-order valence-corrected chi connectivity index (χ2v) is 3.11. The lowest BCUT2D eigenvalue weighted by atomic mass is 10.3. The smallest absolute Gasteiger partial charge is 0.259 e. The average Bonchev–Trinajstić information content (AvgIpc) is 2.83. The number of fused-ring (bicyclic) bond motifs is 3. The molecule has 3 heterocycles. The van der Waals surface area contributed by atoms with E-state index in [-0.39, 0.29) is 0 Å². The van der Waals surface area contributed by atoms with Crippen molar-refractivity contribution in [3.63, 3.8) is 0 Å². The van der Waals surface area contributed by atoms with Gasteiger partial charge < -0.3 is 4.74 Å². The minimum absolute atomic E-state index is 0.489. The van der Waals surface area contributed by atoms with Crippen LogP contribution >= 0.6 is 0 Å². The number of aromatic nitrogens is 6. The summed E-state index contributed by atoms with van der Waals surface area (Å²) in [4.78, 5) is 4.12. The molecular formula is C8H8N6O. The maximum atomic E-state index is 5.18. The van der Waals surface area contributed by atoms with Crippen molar-refractivity contribution in [2.75, 3.05) is 7.11 Å². The van der Waals surface area contributed by atoms with Gasteiger partial charge >= 0.3 is 0 Å². The van der Waals surface area contributed by atoms with E-state index in [0.29, 0.717) is 11.5 Å². The highest BCUT2D eigenvalue weighted by Gasteiger charge is 2.14. The fraction of sp³-hybridized carbons (Fsp3) is 0.250. The molecule has 0 unspecified atom stereocenters. The van der Waals surface area contributed by atoms with Gasteiger partial charge in [-0.05, 0) is 0 Å². The van der Waals surface area contributed by atoms with Crippen molar-refractivity contribution in [3.05, 3.63) is 12.5 Å². The van der Waals surface area contributed by atoms with E-state index in [1.54, 1.807) is 18.0 Å². The standard InChI is InChI=1S/C8H8N6O/c1-13-6-5(3-10-13)7-9-4-11-14(7)12-8(6)15-2/h3-4H,1-2H3. The minimum Gasteiger partial charge on any atom is -0.478 e. The second-order valence-electron chi connectivity index (χ2n) is 3.11. The van der Waals surface area contributed by atoms with E-state index in [0.717, 1.165) is 10.9 Å². The van der Waals surface area contributed by atoms with Crippen LogP contribution in [-0.2, 0) is 7.05 Å². The van der Waals surface area contributed by atoms with Gasteiger partial charge in [-0.3, -0.25) is 4.68 Å². The quantitative estimate of drug-likeness (QED) is 0.558. The summed E-state index contributed by atoms with van der Waals surface area (Å²) >= 11 is 0. The number of rotatable bonds is 1. The highest BCUT2D eigenvalue weighted by atomic mass is 16.5. The Bertz CT molecular complexity index is 639. The monoisotopic (exact) mass is 204 g/mol. The summed E-state index contributed by atoms with van der Waals surface area (Å²) in [5, 5.41) is 13.2. The molecule has 0 aromatic carbocycles. The van der Waals surface area contributed by atoms with Crippen LogP contribution in [0.1, 0.15) is 0 Å². The molecule has 76 valence electrons. The van der Waals surface area contributed by atoms with Gasteiger partial charge in [0, 0.05) is 7.05 Å². The number of aryl methyl sites for hydroxylation is 1. The van der Waals surface area contributed by atoms with Gasteiger partial charge in [0.25, 0.3) is 5.88 Å². The van der Waals surface area contributed by atoms with Crippen LogP contribution < -0.4 is 4.74 Å². The first-order valence-electron chi connectivity index (χ1n) is 4.37. The Morgan fingerprint density at radius 3 is 3.00 bits per heavy atom. The van der Waals surface area contributed by atoms with Crippen LogP contribution in [0.15, 0.2) is 12.5 Å². The van der Waals surface area contributed by atoms with Crippen molar-refractivity contribution >= 4 is 16.6 Å². The molecule has 7 nitrogen and oxygen atoms in total. The van der Waals surface area contributed by atoms with Crippen LogP contribution in [-0.4, -0.2) is 36.7 Å². The molecule has 3 aromatic rings. The highest BCUT2D eigenvalue weighted by Crippen LogP contribution is 2.24. The molecule has 0 fully saturated rings. The van der Waals surface area contributed by atoms with Gasteiger partial charge in [0.15, 0.2) is 5.65 Å². The number of hydrogen-bond donors (Lipinski definition) is 0. The van der Waals surface area contributed by atoms with Crippen molar-refractivity contribution in [1.29, 1.82) is 0 Å². The van der Waals surface area contributed by atoms with Crippen molar-refractivity contribution in [1.82, 2.24) is 29.6 Å². The van der Waals surface area contributed by atoms with Crippen LogP contribution in [0.3, 0.4) is 0 Å². The third-order valence-corrected chi connectivity index (χ3v) is 2.29. The Balaban J connectivity index is 2.60. The van der Waals surface area contributed by atoms with E-state index in [9.17, 15) is 0 Å². The highest BCUT2D eigenvalue weighted by molar-refractivity contribution is 5.93. The summed E-state index contributed by atoms with van der Waals surface area (Å²) < 4.78 is 8.32. The SMILES string of the molecule is COc1nn2ncnc2c2cnn(C)c12. The normalized spacial score (nSPS) is 11.3. The Morgan fingerprint density at radius 1 is 1.33 bits per heavy atom. The Hall–Kier alpha value is -2.18. The third-order valence-electron chi connectivity index (χ3n) is 2.29. The summed E-state index contributed by atoms with van der Waals surface area (Å²) in [5.74, 6) is 0.489. The predicted molar refractivity (Wildman–Crippen MR) is 51.6 cm³/mol. The fourth-order valence-electron chi connectivity index (χ4n) is 1.61. The average molecular weight is 204 g/mol. The largest absolute Gasteiger partial charge is 0.478 e. The molecule has 3 aromatic heterocycles. The Morgan fingerprint density at radius 2 is 2.20 bits per heavy atom. The molecular weight excluding hydrogens is 196 g/mol. The van der Waals surface area contributed by atoms with Crippen LogP contribution in [0.4, 0.5) is 0 Å². The fourth-order valence-corrected chi connectivity index (χ4v) is 1.61. The predicted octanol–water partition coefficient (Wildman–Crippen LogP) is 0.0196. The second kappa shape index (κ2) is 2.66. The topological polar surface area (TPSA) is 70.1 Å². The van der Waals surface area contributed by atoms with E-state index >= 15 is 0 Å². The first-order chi connectivity index (χ1) is 7.31. The van der Waals surface area contributed by atoms with Gasteiger partial charge in [0.2, 0.25) is 0 Å². The summed E-state index contributed by atoms with van der Waals surface area (Å²) in [7, 11) is 3.40. The molecule has 0 amide bonds. The van der Waals surface area contributed by atoms with Crippen LogP contribution in [0.25, 0.3) is 16.6 Å². The number of methoxy groups -OCH3 is 1. The van der Waals surface area contributed by atoms with E-state index in [4.69, 9.17) is 4.74 Å². The lowest BCUT2D eigenvalue weighted by molar-refractivity contribution is 0.390. The zero-order chi connectivity index (χ0) is 10.4. The first kappa shape index (κ1) is 8.16. The van der Waals surface area contributed by atoms with Crippen molar-refractivity contribution in [2.45, 2.75) is 0 Å². The van der Waals surface area contributed by atoms with Crippen molar-refractivity contribution < 1.29 is 4.74 Å². The number of hydrogen-bond acceptors (Lipinski definition) is 5. The van der Waals surface area contributed by atoms with Crippen LogP contribution in [0.2, 0.25) is 0 Å². The first-order valence-corrected chi connectivity index (χ1v) is 4.37. The van der Waals surface area contributed by atoms with Gasteiger partial charge in [-0.15, -0.1) is 14.8 Å². The van der Waals surface area contributed by atoms with E-state index in [1.165, 1.54) is 11.0 Å². The molecule has 0 aliphatic carbocycles. The Kier molecular flexibility index (Phi) is 1.44. The van der Waals surface area contributed by atoms with Gasteiger partial charge in [0.1, 0.15) is 11.8 Å². The molecule has 0 N–H and O–H groups in total. The van der Waals surface area contributed by atoms with E-state index in [2.05, 4.69) is 20.3 Å². The van der Waals surface area contributed by atoms with E-state index in [1.807, 2.05) is 7.05 Å². The number of nitrogens with zero attached hydrogens (tertiary/aromatic N) is 6. The minimum atomic E-state index is 0.489. The maximum absolute atomic E-state index is 5.18. The molecule has 0 aliphatic rings. The molecule has 7 heteroatoms. The van der Waals surface area contributed by atoms with Crippen molar-refractivity contribution in [2.24, 2.45) is 7.05 Å². The Labute approximate surface area is 84.3 Å². The molecule has 0 aliphatic heterocycles. The summed E-state index contributed by atoms with van der Waals surface area (Å²) in [6.07, 6.45) is 3.18. The van der Waals surface area contributed by atoms with Gasteiger partial charge in [-0.1, -0.05) is 0 Å². The van der Waals surface area contributed by atoms with E-state index < -0.39 is 0 Å². The van der Waals surface area contributed by atoms with Gasteiger partial charge in [0.05, 0.1) is 18.7 Å². The van der Waals surface area contributed by atoms with Crippen LogP contribution in [0, 0.1) is 0 Å². The third kappa shape index (κ3) is 0.940. The number of ether oxygens (including phenoxy) is 1.